The molecule has 0 spiro atoms. The molecule has 0 aliphatic carbocycles. The van der Waals surface area contributed by atoms with Crippen molar-refractivity contribution in [2.45, 2.75) is 39.1 Å². The fraction of sp³-hybridized carbons (Fsp3) is 0.438. The van der Waals surface area contributed by atoms with Gasteiger partial charge in [-0.05, 0) is 19.4 Å². The standard InChI is InChI=1S/C16H23N3O2S/c1-5-18(6-2)22(20,21)16-13(3)17-19(14(16)4)12-15-10-8-7-9-11-15/h7-11H,5-6,12H2,1-4H3. The van der Waals surface area contributed by atoms with Gasteiger partial charge in [-0.2, -0.15) is 9.40 Å². The van der Waals surface area contributed by atoms with Crippen LogP contribution in [0.15, 0.2) is 35.2 Å². The minimum absolute atomic E-state index is 0.340. The summed E-state index contributed by atoms with van der Waals surface area (Å²) in [5.41, 5.74) is 2.34. The first kappa shape index (κ1) is 16.7. The maximum atomic E-state index is 12.8. The average Bonchev–Trinajstić information content (AvgIpc) is 2.76. The Bertz CT molecular complexity index is 732. The number of hydrogen-bond donors (Lipinski definition) is 0. The molecule has 0 saturated carbocycles. The van der Waals surface area contributed by atoms with Gasteiger partial charge in [0, 0.05) is 13.1 Å². The van der Waals surface area contributed by atoms with Gasteiger partial charge in [-0.25, -0.2) is 8.42 Å². The van der Waals surface area contributed by atoms with Crippen LogP contribution in [0.1, 0.15) is 30.8 Å². The van der Waals surface area contributed by atoms with E-state index in [0.29, 0.717) is 35.9 Å². The second kappa shape index (κ2) is 6.62. The summed E-state index contributed by atoms with van der Waals surface area (Å²) in [6.45, 7) is 8.76. The number of nitrogens with zero attached hydrogens (tertiary/aromatic N) is 3. The maximum Gasteiger partial charge on any atom is 0.246 e. The van der Waals surface area contributed by atoms with Gasteiger partial charge in [0.1, 0.15) is 4.90 Å². The second-order valence-electron chi connectivity index (χ2n) is 5.23. The van der Waals surface area contributed by atoms with Crippen LogP contribution in [0.5, 0.6) is 0 Å². The van der Waals surface area contributed by atoms with Gasteiger partial charge in [-0.1, -0.05) is 44.2 Å². The highest BCUT2D eigenvalue weighted by Gasteiger charge is 2.29. The number of rotatable bonds is 6. The molecule has 1 aromatic heterocycles. The number of sulfonamides is 1. The van der Waals surface area contributed by atoms with E-state index >= 15 is 0 Å². The van der Waals surface area contributed by atoms with E-state index in [1.807, 2.05) is 51.1 Å². The molecule has 0 amide bonds. The molecule has 0 bridgehead atoms. The van der Waals surface area contributed by atoms with Crippen LogP contribution in [0.3, 0.4) is 0 Å². The Balaban J connectivity index is 2.44. The van der Waals surface area contributed by atoms with E-state index in [1.54, 1.807) is 11.6 Å². The Labute approximate surface area is 132 Å². The summed E-state index contributed by atoms with van der Waals surface area (Å²) in [5, 5.41) is 4.43. The lowest BCUT2D eigenvalue weighted by atomic mass is 10.2. The number of aryl methyl sites for hydroxylation is 1. The Morgan fingerprint density at radius 3 is 2.23 bits per heavy atom. The molecule has 1 heterocycles. The van der Waals surface area contributed by atoms with Gasteiger partial charge >= 0.3 is 0 Å². The lowest BCUT2D eigenvalue weighted by molar-refractivity contribution is 0.444. The summed E-state index contributed by atoms with van der Waals surface area (Å²) in [7, 11) is -3.48. The molecular weight excluding hydrogens is 298 g/mol. The first-order valence-electron chi connectivity index (χ1n) is 7.49. The molecule has 0 atom stereocenters. The molecule has 2 aromatic rings. The molecule has 0 saturated heterocycles. The lowest BCUT2D eigenvalue weighted by Gasteiger charge is -2.18. The zero-order chi connectivity index (χ0) is 16.3. The third-order valence-electron chi connectivity index (χ3n) is 3.79. The first-order valence-corrected chi connectivity index (χ1v) is 8.93. The van der Waals surface area contributed by atoms with Crippen LogP contribution in [-0.4, -0.2) is 35.6 Å². The number of hydrogen-bond acceptors (Lipinski definition) is 3. The first-order chi connectivity index (χ1) is 10.4. The molecule has 22 heavy (non-hydrogen) atoms. The van der Waals surface area contributed by atoms with Crippen molar-refractivity contribution in [3.8, 4) is 0 Å². The highest BCUT2D eigenvalue weighted by atomic mass is 32.2. The molecule has 2 rings (SSSR count). The lowest BCUT2D eigenvalue weighted by Crippen LogP contribution is -2.31. The fourth-order valence-electron chi connectivity index (χ4n) is 2.66. The fourth-order valence-corrected chi connectivity index (χ4v) is 4.49. The van der Waals surface area contributed by atoms with Crippen LogP contribution < -0.4 is 0 Å². The molecule has 1 aromatic carbocycles. The zero-order valence-electron chi connectivity index (χ0n) is 13.6. The van der Waals surface area contributed by atoms with E-state index in [4.69, 9.17) is 0 Å². The monoisotopic (exact) mass is 321 g/mol. The minimum atomic E-state index is -3.48. The van der Waals surface area contributed by atoms with Crippen LogP contribution in [0.2, 0.25) is 0 Å². The SMILES string of the molecule is CCN(CC)S(=O)(=O)c1c(C)nn(Cc2ccccc2)c1C. The smallest absolute Gasteiger partial charge is 0.246 e. The number of aromatic nitrogens is 2. The van der Waals surface area contributed by atoms with Crippen LogP contribution in [0, 0.1) is 13.8 Å². The quantitative estimate of drug-likeness (QED) is 0.822. The van der Waals surface area contributed by atoms with Gasteiger partial charge in [-0.3, -0.25) is 4.68 Å². The Morgan fingerprint density at radius 1 is 1.09 bits per heavy atom. The molecule has 0 N–H and O–H groups in total. The van der Waals surface area contributed by atoms with E-state index in [9.17, 15) is 8.42 Å². The Hall–Kier alpha value is -1.66. The molecule has 0 aliphatic heterocycles. The molecule has 0 unspecified atom stereocenters. The van der Waals surface area contributed by atoms with E-state index in [-0.39, 0.29) is 0 Å². The molecule has 120 valence electrons. The van der Waals surface area contributed by atoms with Crippen molar-refractivity contribution in [2.75, 3.05) is 13.1 Å². The van der Waals surface area contributed by atoms with Gasteiger partial charge in [-0.15, -0.1) is 0 Å². The highest BCUT2D eigenvalue weighted by molar-refractivity contribution is 7.89. The Morgan fingerprint density at radius 2 is 1.68 bits per heavy atom. The van der Waals surface area contributed by atoms with Crippen molar-refractivity contribution in [1.29, 1.82) is 0 Å². The predicted octanol–water partition coefficient (Wildman–Crippen LogP) is 2.58. The number of benzene rings is 1. The average molecular weight is 321 g/mol. The molecular formula is C16H23N3O2S. The van der Waals surface area contributed by atoms with E-state index in [1.165, 1.54) is 4.31 Å². The van der Waals surface area contributed by atoms with Crippen molar-refractivity contribution >= 4 is 10.0 Å². The van der Waals surface area contributed by atoms with Crippen LogP contribution in [-0.2, 0) is 16.6 Å². The van der Waals surface area contributed by atoms with Crippen molar-refractivity contribution in [3.63, 3.8) is 0 Å². The maximum absolute atomic E-state index is 12.8. The largest absolute Gasteiger partial charge is 0.264 e. The van der Waals surface area contributed by atoms with E-state index in [0.717, 1.165) is 5.56 Å². The van der Waals surface area contributed by atoms with Gasteiger partial charge in [0.25, 0.3) is 0 Å². The van der Waals surface area contributed by atoms with Crippen molar-refractivity contribution in [2.24, 2.45) is 0 Å². The van der Waals surface area contributed by atoms with Gasteiger partial charge in [0.05, 0.1) is 17.9 Å². The van der Waals surface area contributed by atoms with E-state index < -0.39 is 10.0 Å². The Kier molecular flexibility index (Phi) is 5.03. The zero-order valence-corrected chi connectivity index (χ0v) is 14.4. The summed E-state index contributed by atoms with van der Waals surface area (Å²) in [5.74, 6) is 0. The van der Waals surface area contributed by atoms with E-state index in [2.05, 4.69) is 5.10 Å². The normalized spacial score (nSPS) is 12.0. The summed E-state index contributed by atoms with van der Waals surface area (Å²) in [6.07, 6.45) is 0. The summed E-state index contributed by atoms with van der Waals surface area (Å²) in [6, 6.07) is 9.91. The minimum Gasteiger partial charge on any atom is -0.264 e. The van der Waals surface area contributed by atoms with Crippen molar-refractivity contribution in [3.05, 3.63) is 47.3 Å². The summed E-state index contributed by atoms with van der Waals surface area (Å²) in [4.78, 5) is 0.340. The van der Waals surface area contributed by atoms with Crippen molar-refractivity contribution < 1.29 is 8.42 Å². The molecule has 6 heteroatoms. The van der Waals surface area contributed by atoms with Crippen LogP contribution >= 0.6 is 0 Å². The van der Waals surface area contributed by atoms with Crippen LogP contribution in [0.25, 0.3) is 0 Å². The van der Waals surface area contributed by atoms with Crippen molar-refractivity contribution in [1.82, 2.24) is 14.1 Å². The third kappa shape index (κ3) is 3.08. The highest BCUT2D eigenvalue weighted by Crippen LogP contribution is 2.24. The summed E-state index contributed by atoms with van der Waals surface area (Å²) >= 11 is 0. The molecule has 0 radical (unpaired) electrons. The molecule has 0 aliphatic rings. The predicted molar refractivity (Wildman–Crippen MR) is 87.4 cm³/mol. The molecule has 0 fully saturated rings. The van der Waals surface area contributed by atoms with Crippen LogP contribution in [0.4, 0.5) is 0 Å². The van der Waals surface area contributed by atoms with Gasteiger partial charge in [0.2, 0.25) is 10.0 Å². The van der Waals surface area contributed by atoms with Gasteiger partial charge in [0.15, 0.2) is 0 Å². The summed E-state index contributed by atoms with van der Waals surface area (Å²) < 4.78 is 28.8. The van der Waals surface area contributed by atoms with Gasteiger partial charge < -0.3 is 0 Å². The molecule has 5 nitrogen and oxygen atoms in total. The topological polar surface area (TPSA) is 55.2 Å². The second-order valence-corrected chi connectivity index (χ2v) is 7.11. The third-order valence-corrected chi connectivity index (χ3v) is 6.10.